The summed E-state index contributed by atoms with van der Waals surface area (Å²) < 4.78 is 81.4. The number of alkyl halides is 3. The van der Waals surface area contributed by atoms with Crippen LogP contribution in [-0.4, -0.2) is 64.8 Å². The van der Waals surface area contributed by atoms with Crippen molar-refractivity contribution >= 4 is 21.5 Å². The molecule has 2 aromatic rings. The van der Waals surface area contributed by atoms with Crippen molar-refractivity contribution in [1.82, 2.24) is 18.9 Å². The van der Waals surface area contributed by atoms with Gasteiger partial charge < -0.3 is 5.32 Å². The average molecular weight is 431 g/mol. The summed E-state index contributed by atoms with van der Waals surface area (Å²) in [6.07, 6.45) is 5.56. The van der Waals surface area contributed by atoms with E-state index in [-0.39, 0.29) is 42.2 Å². The van der Waals surface area contributed by atoms with Gasteiger partial charge in [0.2, 0.25) is 16.0 Å². The monoisotopic (exact) mass is 431 g/mol. The molecule has 2 aromatic heterocycles. The first kappa shape index (κ1) is 19.9. The van der Waals surface area contributed by atoms with Crippen molar-refractivity contribution in [3.05, 3.63) is 23.3 Å². The van der Waals surface area contributed by atoms with E-state index >= 15 is 0 Å². The predicted molar refractivity (Wildman–Crippen MR) is 96.5 cm³/mol. The van der Waals surface area contributed by atoms with E-state index in [1.54, 1.807) is 0 Å². The number of nitrogens with zero attached hydrogens (tertiary/aromatic N) is 4. The number of sulfonamides is 1. The highest BCUT2D eigenvalue weighted by atomic mass is 32.2. The van der Waals surface area contributed by atoms with E-state index in [0.717, 1.165) is 21.3 Å². The SMILES string of the molecule is C#Cc1c(F)c2cnc(N[C@@H]3CCN(S(C)(=O)=O)C[C@H]3F)nn2c1C1CC1(F)F. The highest BCUT2D eigenvalue weighted by molar-refractivity contribution is 7.88. The number of terminal acetylenes is 1. The van der Waals surface area contributed by atoms with Gasteiger partial charge in [-0.15, -0.1) is 11.5 Å². The average Bonchev–Trinajstić information content (AvgIpc) is 3.17. The molecule has 3 heterocycles. The first-order chi connectivity index (χ1) is 13.5. The van der Waals surface area contributed by atoms with Crippen molar-refractivity contribution in [2.45, 2.75) is 36.9 Å². The maximum Gasteiger partial charge on any atom is 0.257 e. The molecule has 0 aromatic carbocycles. The van der Waals surface area contributed by atoms with Crippen molar-refractivity contribution in [2.24, 2.45) is 0 Å². The molecular formula is C17H17F4N5O2S. The molecule has 1 aliphatic carbocycles. The van der Waals surface area contributed by atoms with Crippen LogP contribution in [0.1, 0.15) is 30.0 Å². The van der Waals surface area contributed by atoms with Crippen LogP contribution in [0, 0.1) is 18.2 Å². The molecule has 3 atom stereocenters. The minimum absolute atomic E-state index is 0.0956. The lowest BCUT2D eigenvalue weighted by molar-refractivity contribution is 0.111. The van der Waals surface area contributed by atoms with Crippen molar-refractivity contribution in [1.29, 1.82) is 0 Å². The lowest BCUT2D eigenvalue weighted by Gasteiger charge is -2.33. The van der Waals surface area contributed by atoms with Gasteiger partial charge in [0.1, 0.15) is 11.7 Å². The quantitative estimate of drug-likeness (QED) is 0.590. The number of hydrogen-bond donors (Lipinski definition) is 1. The summed E-state index contributed by atoms with van der Waals surface area (Å²) in [5.74, 6) is -3.10. The van der Waals surface area contributed by atoms with Crippen LogP contribution in [0.4, 0.5) is 23.5 Å². The molecule has 0 bridgehead atoms. The second-order valence-electron chi connectivity index (χ2n) is 7.29. The van der Waals surface area contributed by atoms with E-state index in [9.17, 15) is 26.0 Å². The number of halogens is 4. The lowest BCUT2D eigenvalue weighted by Crippen LogP contribution is -2.49. The zero-order chi connectivity index (χ0) is 21.1. The summed E-state index contributed by atoms with van der Waals surface area (Å²) in [6.45, 7) is -0.213. The van der Waals surface area contributed by atoms with Crippen LogP contribution in [0.25, 0.3) is 5.52 Å². The van der Waals surface area contributed by atoms with E-state index in [2.05, 4.69) is 21.3 Å². The molecule has 1 N–H and O–H groups in total. The van der Waals surface area contributed by atoms with E-state index in [1.165, 1.54) is 0 Å². The smallest absolute Gasteiger partial charge is 0.257 e. The van der Waals surface area contributed by atoms with Crippen LogP contribution in [-0.2, 0) is 10.0 Å². The maximum atomic E-state index is 14.5. The van der Waals surface area contributed by atoms with Crippen molar-refractivity contribution in [2.75, 3.05) is 24.7 Å². The van der Waals surface area contributed by atoms with Gasteiger partial charge in [-0.2, -0.15) is 4.31 Å². The van der Waals surface area contributed by atoms with Gasteiger partial charge in [0.25, 0.3) is 5.92 Å². The Morgan fingerprint density at radius 1 is 1.41 bits per heavy atom. The summed E-state index contributed by atoms with van der Waals surface area (Å²) in [4.78, 5) is 3.93. The van der Waals surface area contributed by atoms with Gasteiger partial charge >= 0.3 is 0 Å². The van der Waals surface area contributed by atoms with Crippen molar-refractivity contribution in [3.63, 3.8) is 0 Å². The highest BCUT2D eigenvalue weighted by Gasteiger charge is 2.60. The van der Waals surface area contributed by atoms with E-state index in [4.69, 9.17) is 6.42 Å². The summed E-state index contributed by atoms with van der Waals surface area (Å²) in [7, 11) is -3.51. The molecular weight excluding hydrogens is 414 g/mol. The number of anilines is 1. The largest absolute Gasteiger partial charge is 0.347 e. The molecule has 1 aliphatic heterocycles. The Balaban J connectivity index is 1.63. The zero-order valence-corrected chi connectivity index (χ0v) is 16.1. The van der Waals surface area contributed by atoms with Crippen LogP contribution in [0.15, 0.2) is 6.20 Å². The predicted octanol–water partition coefficient (Wildman–Crippen LogP) is 1.76. The first-order valence-corrected chi connectivity index (χ1v) is 10.6. The van der Waals surface area contributed by atoms with Crippen LogP contribution in [0.3, 0.4) is 0 Å². The van der Waals surface area contributed by atoms with Gasteiger partial charge in [-0.05, 0) is 6.42 Å². The van der Waals surface area contributed by atoms with Gasteiger partial charge in [-0.25, -0.2) is 35.5 Å². The number of hydrogen-bond acceptors (Lipinski definition) is 5. The third-order valence-corrected chi connectivity index (χ3v) is 6.52. The third-order valence-electron chi connectivity index (χ3n) is 5.25. The molecule has 0 amide bonds. The number of aromatic nitrogens is 3. The zero-order valence-electron chi connectivity index (χ0n) is 15.2. The fourth-order valence-electron chi connectivity index (χ4n) is 3.57. The van der Waals surface area contributed by atoms with Gasteiger partial charge in [-0.3, -0.25) is 0 Å². The molecule has 2 aliphatic rings. The number of nitrogens with one attached hydrogen (secondary N) is 1. The van der Waals surface area contributed by atoms with Crippen LogP contribution >= 0.6 is 0 Å². The molecule has 2 fully saturated rings. The van der Waals surface area contributed by atoms with Crippen LogP contribution in [0.5, 0.6) is 0 Å². The Kier molecular flexibility index (Phi) is 4.51. The van der Waals surface area contributed by atoms with Crippen LogP contribution in [0.2, 0.25) is 0 Å². The Labute approximate surface area is 164 Å². The Morgan fingerprint density at radius 3 is 2.66 bits per heavy atom. The standard InChI is InChI=1S/C17H17F4N5O2S/c1-3-9-14(19)13-7-22-16(24-26(13)15(9)10-6-17(10,20)21)23-12-4-5-25(8-11(12)18)29(2,27)28/h1,7,10-12H,4-6,8H2,2H3,(H,23,24)/t10?,11-,12-/m1/s1. The summed E-state index contributed by atoms with van der Waals surface area (Å²) in [5.41, 5.74) is -0.549. The van der Waals surface area contributed by atoms with E-state index in [1.807, 2.05) is 0 Å². The van der Waals surface area contributed by atoms with Crippen molar-refractivity contribution < 1.29 is 26.0 Å². The Bertz CT molecular complexity index is 1130. The van der Waals surface area contributed by atoms with Gasteiger partial charge in [0, 0.05) is 19.5 Å². The molecule has 1 saturated heterocycles. The molecule has 4 rings (SSSR count). The number of piperidine rings is 1. The van der Waals surface area contributed by atoms with Gasteiger partial charge in [-0.1, -0.05) is 5.92 Å². The lowest BCUT2D eigenvalue weighted by atomic mass is 10.1. The summed E-state index contributed by atoms with van der Waals surface area (Å²) >= 11 is 0. The van der Waals surface area contributed by atoms with Gasteiger partial charge in [0.05, 0.1) is 35.7 Å². The third kappa shape index (κ3) is 3.42. The van der Waals surface area contributed by atoms with Gasteiger partial charge in [0.15, 0.2) is 5.82 Å². The number of rotatable bonds is 4. The molecule has 7 nitrogen and oxygen atoms in total. The molecule has 1 saturated carbocycles. The fourth-order valence-corrected chi connectivity index (χ4v) is 4.42. The second-order valence-corrected chi connectivity index (χ2v) is 9.27. The first-order valence-electron chi connectivity index (χ1n) is 8.80. The molecule has 0 spiro atoms. The van der Waals surface area contributed by atoms with Crippen LogP contribution < -0.4 is 5.32 Å². The van der Waals surface area contributed by atoms with E-state index < -0.39 is 46.3 Å². The second kappa shape index (κ2) is 6.56. The number of fused-ring (bicyclic) bond motifs is 1. The Hall–Kier alpha value is -2.39. The normalized spacial score (nSPS) is 27.0. The Morgan fingerprint density at radius 2 is 2.10 bits per heavy atom. The minimum Gasteiger partial charge on any atom is -0.347 e. The molecule has 12 heteroatoms. The highest BCUT2D eigenvalue weighted by Crippen LogP contribution is 2.56. The molecule has 0 radical (unpaired) electrons. The molecule has 29 heavy (non-hydrogen) atoms. The molecule has 156 valence electrons. The van der Waals surface area contributed by atoms with Crippen molar-refractivity contribution in [3.8, 4) is 12.3 Å². The summed E-state index contributed by atoms with van der Waals surface area (Å²) in [5, 5.41) is 6.80. The molecule has 1 unspecified atom stereocenters. The topological polar surface area (TPSA) is 79.6 Å². The van der Waals surface area contributed by atoms with E-state index in [0.29, 0.717) is 0 Å². The summed E-state index contributed by atoms with van der Waals surface area (Å²) in [6, 6.07) is -0.788. The minimum atomic E-state index is -3.51. The fraction of sp³-hybridized carbons (Fsp3) is 0.529. The maximum absolute atomic E-state index is 14.5.